The summed E-state index contributed by atoms with van der Waals surface area (Å²) in [5.41, 5.74) is 1.01. The van der Waals surface area contributed by atoms with Gasteiger partial charge in [0.15, 0.2) is 0 Å². The van der Waals surface area contributed by atoms with Crippen LogP contribution < -0.4 is 10.1 Å². The summed E-state index contributed by atoms with van der Waals surface area (Å²) in [5.74, 6) is -0.436. The summed E-state index contributed by atoms with van der Waals surface area (Å²) in [6.07, 6.45) is 0. The summed E-state index contributed by atoms with van der Waals surface area (Å²) in [5, 5.41) is 3.08. The van der Waals surface area contributed by atoms with E-state index in [0.717, 1.165) is 0 Å². The maximum absolute atomic E-state index is 13.9. The average molecular weight is 298 g/mol. The van der Waals surface area contributed by atoms with E-state index in [-0.39, 0.29) is 16.9 Å². The van der Waals surface area contributed by atoms with Crippen molar-refractivity contribution >= 4 is 17.3 Å². The molecule has 0 aromatic heterocycles. The molecule has 1 atom stereocenters. The highest BCUT2D eigenvalue weighted by Crippen LogP contribution is 2.26. The van der Waals surface area contributed by atoms with Crippen molar-refractivity contribution in [1.82, 2.24) is 0 Å². The summed E-state index contributed by atoms with van der Waals surface area (Å²) in [4.78, 5) is 0. The van der Waals surface area contributed by atoms with Crippen molar-refractivity contribution in [2.45, 2.75) is 13.0 Å². The molecule has 2 rings (SSSR count). The quantitative estimate of drug-likeness (QED) is 0.875. The average Bonchev–Trinajstić information content (AvgIpc) is 2.42. The lowest BCUT2D eigenvalue weighted by Gasteiger charge is -2.17. The molecule has 2 nitrogen and oxygen atoms in total. The maximum atomic E-state index is 13.9. The Balaban J connectivity index is 2.19. The van der Waals surface area contributed by atoms with Gasteiger partial charge < -0.3 is 10.1 Å². The third-order valence-corrected chi connectivity index (χ3v) is 3.28. The number of benzene rings is 2. The van der Waals surface area contributed by atoms with Gasteiger partial charge in [-0.25, -0.2) is 8.78 Å². The Kier molecular flexibility index (Phi) is 4.45. The number of anilines is 1. The van der Waals surface area contributed by atoms with E-state index < -0.39 is 5.82 Å². The molecule has 0 heterocycles. The molecule has 5 heteroatoms. The molecule has 0 spiro atoms. The van der Waals surface area contributed by atoms with E-state index in [1.165, 1.54) is 25.3 Å². The zero-order valence-corrected chi connectivity index (χ0v) is 11.8. The monoisotopic (exact) mass is 297 g/mol. The van der Waals surface area contributed by atoms with Crippen LogP contribution in [0.5, 0.6) is 5.75 Å². The first-order valence-electron chi connectivity index (χ1n) is 6.06. The van der Waals surface area contributed by atoms with E-state index in [0.29, 0.717) is 17.0 Å². The molecule has 2 aromatic rings. The third-order valence-electron chi connectivity index (χ3n) is 2.98. The molecule has 0 aliphatic rings. The Morgan fingerprint density at radius 1 is 1.10 bits per heavy atom. The highest BCUT2D eigenvalue weighted by Gasteiger charge is 2.12. The van der Waals surface area contributed by atoms with Crippen molar-refractivity contribution < 1.29 is 13.5 Å². The lowest BCUT2D eigenvalue weighted by Crippen LogP contribution is -2.09. The lowest BCUT2D eigenvalue weighted by atomic mass is 10.1. The highest BCUT2D eigenvalue weighted by atomic mass is 35.5. The van der Waals surface area contributed by atoms with Gasteiger partial charge in [0.1, 0.15) is 17.4 Å². The number of rotatable bonds is 4. The van der Waals surface area contributed by atoms with Gasteiger partial charge in [0.2, 0.25) is 0 Å². The van der Waals surface area contributed by atoms with Crippen LogP contribution >= 0.6 is 11.6 Å². The Morgan fingerprint density at radius 2 is 1.85 bits per heavy atom. The van der Waals surface area contributed by atoms with Crippen LogP contribution in [0.3, 0.4) is 0 Å². The molecule has 0 amide bonds. The van der Waals surface area contributed by atoms with Crippen LogP contribution in [0.25, 0.3) is 0 Å². The zero-order chi connectivity index (χ0) is 14.7. The number of halogens is 3. The van der Waals surface area contributed by atoms with E-state index >= 15 is 0 Å². The minimum atomic E-state index is -0.515. The Labute approximate surface area is 121 Å². The van der Waals surface area contributed by atoms with E-state index in [1.54, 1.807) is 25.1 Å². The summed E-state index contributed by atoms with van der Waals surface area (Å²) in [6.45, 7) is 1.79. The summed E-state index contributed by atoms with van der Waals surface area (Å²) in [6, 6.07) is 8.69. The number of methoxy groups -OCH3 is 1. The summed E-state index contributed by atoms with van der Waals surface area (Å²) < 4.78 is 32.2. The second kappa shape index (κ2) is 6.09. The normalized spacial score (nSPS) is 12.1. The molecule has 0 radical (unpaired) electrons. The molecule has 0 bridgehead atoms. The van der Waals surface area contributed by atoms with Gasteiger partial charge in [-0.05, 0) is 31.2 Å². The minimum Gasteiger partial charge on any atom is -0.497 e. The third kappa shape index (κ3) is 3.20. The van der Waals surface area contributed by atoms with Gasteiger partial charge in [0, 0.05) is 17.3 Å². The van der Waals surface area contributed by atoms with Gasteiger partial charge in [-0.15, -0.1) is 0 Å². The second-order valence-corrected chi connectivity index (χ2v) is 4.79. The van der Waals surface area contributed by atoms with E-state index in [9.17, 15) is 8.78 Å². The first-order valence-corrected chi connectivity index (χ1v) is 6.44. The highest BCUT2D eigenvalue weighted by molar-refractivity contribution is 6.30. The largest absolute Gasteiger partial charge is 0.497 e. The predicted octanol–water partition coefficient (Wildman–Crippen LogP) is 4.80. The smallest absolute Gasteiger partial charge is 0.143 e. The fraction of sp³-hybridized carbons (Fsp3) is 0.200. The van der Waals surface area contributed by atoms with Crippen LogP contribution in [-0.2, 0) is 0 Å². The number of hydrogen-bond acceptors (Lipinski definition) is 2. The van der Waals surface area contributed by atoms with E-state index in [1.807, 2.05) is 0 Å². The van der Waals surface area contributed by atoms with Crippen molar-refractivity contribution in [3.8, 4) is 5.75 Å². The molecule has 1 unspecified atom stereocenters. The van der Waals surface area contributed by atoms with Gasteiger partial charge in [-0.1, -0.05) is 17.7 Å². The van der Waals surface area contributed by atoms with Crippen LogP contribution in [0.15, 0.2) is 36.4 Å². The minimum absolute atomic E-state index is 0.0545. The van der Waals surface area contributed by atoms with Crippen LogP contribution in [0.2, 0.25) is 5.02 Å². The van der Waals surface area contributed by atoms with Gasteiger partial charge in [0.05, 0.1) is 18.2 Å². The topological polar surface area (TPSA) is 21.3 Å². The van der Waals surface area contributed by atoms with E-state index in [4.69, 9.17) is 16.3 Å². The first-order chi connectivity index (χ1) is 9.51. The molecular formula is C15H14ClF2NO. The van der Waals surface area contributed by atoms with Gasteiger partial charge >= 0.3 is 0 Å². The Morgan fingerprint density at radius 3 is 2.45 bits per heavy atom. The van der Waals surface area contributed by atoms with Crippen molar-refractivity contribution in [3.63, 3.8) is 0 Å². The molecule has 2 aromatic carbocycles. The SMILES string of the molecule is COc1ccc(C(C)Nc2ccc(Cl)c(F)c2)c(F)c1. The van der Waals surface area contributed by atoms with Gasteiger partial charge in [-0.3, -0.25) is 0 Å². The van der Waals surface area contributed by atoms with Crippen LogP contribution in [0.4, 0.5) is 14.5 Å². The standard InChI is InChI=1S/C15H14ClF2NO/c1-9(12-5-4-11(20-2)8-14(12)17)19-10-3-6-13(16)15(18)7-10/h3-9,19H,1-2H3. The lowest BCUT2D eigenvalue weighted by molar-refractivity contribution is 0.410. The van der Waals surface area contributed by atoms with Crippen LogP contribution in [-0.4, -0.2) is 7.11 Å². The van der Waals surface area contributed by atoms with E-state index in [2.05, 4.69) is 5.32 Å². The van der Waals surface area contributed by atoms with Crippen molar-refractivity contribution in [3.05, 3.63) is 58.6 Å². The fourth-order valence-electron chi connectivity index (χ4n) is 1.90. The maximum Gasteiger partial charge on any atom is 0.143 e. The Bertz CT molecular complexity index is 619. The fourth-order valence-corrected chi connectivity index (χ4v) is 2.02. The molecular weight excluding hydrogens is 284 g/mol. The summed E-state index contributed by atoms with van der Waals surface area (Å²) >= 11 is 5.62. The number of ether oxygens (including phenoxy) is 1. The molecule has 0 aliphatic heterocycles. The van der Waals surface area contributed by atoms with Crippen LogP contribution in [0.1, 0.15) is 18.5 Å². The summed E-state index contributed by atoms with van der Waals surface area (Å²) in [7, 11) is 1.48. The van der Waals surface area contributed by atoms with Gasteiger partial charge in [0.25, 0.3) is 0 Å². The molecule has 0 fully saturated rings. The number of hydrogen-bond donors (Lipinski definition) is 1. The predicted molar refractivity (Wildman–Crippen MR) is 76.4 cm³/mol. The zero-order valence-electron chi connectivity index (χ0n) is 11.1. The van der Waals surface area contributed by atoms with Crippen molar-refractivity contribution in [2.24, 2.45) is 0 Å². The molecule has 0 saturated heterocycles. The molecule has 106 valence electrons. The second-order valence-electron chi connectivity index (χ2n) is 4.38. The first kappa shape index (κ1) is 14.6. The van der Waals surface area contributed by atoms with Crippen molar-refractivity contribution in [2.75, 3.05) is 12.4 Å². The molecule has 0 aliphatic carbocycles. The Hall–Kier alpha value is -1.81. The van der Waals surface area contributed by atoms with Gasteiger partial charge in [-0.2, -0.15) is 0 Å². The molecule has 0 saturated carbocycles. The van der Waals surface area contributed by atoms with Crippen molar-refractivity contribution in [1.29, 1.82) is 0 Å². The molecule has 20 heavy (non-hydrogen) atoms. The number of nitrogens with one attached hydrogen (secondary N) is 1. The molecule has 1 N–H and O–H groups in total. The van der Waals surface area contributed by atoms with Crippen LogP contribution in [0, 0.1) is 11.6 Å².